The van der Waals surface area contributed by atoms with Gasteiger partial charge in [0.05, 0.1) is 16.3 Å². The number of benzene rings is 1. The van der Waals surface area contributed by atoms with Crippen LogP contribution in [-0.4, -0.2) is 20.2 Å². The van der Waals surface area contributed by atoms with Crippen molar-refractivity contribution in [3.63, 3.8) is 0 Å². The van der Waals surface area contributed by atoms with Crippen LogP contribution in [0.25, 0.3) is 10.9 Å². The number of aromatic amines is 1. The third kappa shape index (κ3) is 2.36. The van der Waals surface area contributed by atoms with Crippen molar-refractivity contribution in [3.05, 3.63) is 48.0 Å². The Bertz CT molecular complexity index is 677. The Morgan fingerprint density at radius 3 is 2.83 bits per heavy atom. The summed E-state index contributed by atoms with van der Waals surface area (Å²) in [5.74, 6) is 2.39. The van der Waals surface area contributed by atoms with Crippen LogP contribution in [0.2, 0.25) is 0 Å². The van der Waals surface area contributed by atoms with E-state index in [0.29, 0.717) is 0 Å². The number of aromatic nitrogens is 4. The second-order valence-electron chi connectivity index (χ2n) is 3.97. The second-order valence-corrected chi connectivity index (χ2v) is 4.96. The van der Waals surface area contributed by atoms with Crippen molar-refractivity contribution in [3.8, 4) is 0 Å². The molecular weight excluding hydrogens is 244 g/mol. The molecule has 2 aromatic heterocycles. The largest absolute Gasteiger partial charge is 0.263 e. The predicted octanol–water partition coefficient (Wildman–Crippen LogP) is 2.95. The molecular formula is C13H12N4S. The molecule has 90 valence electrons. The van der Waals surface area contributed by atoms with E-state index in [-0.39, 0.29) is 0 Å². The molecule has 0 aliphatic carbocycles. The average molecular weight is 256 g/mol. The zero-order valence-electron chi connectivity index (χ0n) is 9.92. The lowest BCUT2D eigenvalue weighted by atomic mass is 10.2. The third-order valence-electron chi connectivity index (χ3n) is 2.57. The van der Waals surface area contributed by atoms with Crippen molar-refractivity contribution in [2.45, 2.75) is 17.7 Å². The molecule has 0 spiro atoms. The fraction of sp³-hybridized carbons (Fsp3) is 0.154. The van der Waals surface area contributed by atoms with E-state index in [9.17, 15) is 0 Å². The minimum atomic E-state index is 0.732. The summed E-state index contributed by atoms with van der Waals surface area (Å²) in [6, 6.07) is 12.2. The maximum absolute atomic E-state index is 4.59. The van der Waals surface area contributed by atoms with Gasteiger partial charge in [0, 0.05) is 5.39 Å². The Kier molecular flexibility index (Phi) is 2.98. The fourth-order valence-corrected chi connectivity index (χ4v) is 2.45. The van der Waals surface area contributed by atoms with Crippen molar-refractivity contribution in [2.24, 2.45) is 0 Å². The van der Waals surface area contributed by atoms with Crippen molar-refractivity contribution < 1.29 is 0 Å². The standard InChI is InChI=1S/C13H12N4S/c1-9-14-12(17-16-9)8-18-13-7-6-10-4-2-3-5-11(10)15-13/h2-7H,8H2,1H3,(H,14,16,17). The molecule has 1 N–H and O–H groups in total. The first kappa shape index (κ1) is 11.2. The summed E-state index contributed by atoms with van der Waals surface area (Å²) in [6.45, 7) is 1.90. The molecule has 5 heteroatoms. The van der Waals surface area contributed by atoms with Gasteiger partial charge in [0.25, 0.3) is 0 Å². The van der Waals surface area contributed by atoms with Crippen LogP contribution in [0, 0.1) is 6.92 Å². The summed E-state index contributed by atoms with van der Waals surface area (Å²) in [5.41, 5.74) is 1.02. The number of aryl methyl sites for hydroxylation is 1. The lowest BCUT2D eigenvalue weighted by Gasteiger charge is -2.00. The summed E-state index contributed by atoms with van der Waals surface area (Å²) < 4.78 is 0. The van der Waals surface area contributed by atoms with Crippen LogP contribution in [0.3, 0.4) is 0 Å². The first-order valence-corrected chi connectivity index (χ1v) is 6.66. The zero-order valence-corrected chi connectivity index (χ0v) is 10.7. The highest BCUT2D eigenvalue weighted by atomic mass is 32.2. The first-order chi connectivity index (χ1) is 8.81. The van der Waals surface area contributed by atoms with E-state index in [1.54, 1.807) is 11.8 Å². The molecule has 0 saturated heterocycles. The predicted molar refractivity (Wildman–Crippen MR) is 72.4 cm³/mol. The van der Waals surface area contributed by atoms with E-state index in [4.69, 9.17) is 0 Å². The van der Waals surface area contributed by atoms with Crippen LogP contribution >= 0.6 is 11.8 Å². The number of rotatable bonds is 3. The van der Waals surface area contributed by atoms with E-state index >= 15 is 0 Å². The van der Waals surface area contributed by atoms with Crippen molar-refractivity contribution in [1.29, 1.82) is 0 Å². The highest BCUT2D eigenvalue weighted by molar-refractivity contribution is 7.98. The summed E-state index contributed by atoms with van der Waals surface area (Å²) >= 11 is 1.65. The molecule has 3 aromatic rings. The lowest BCUT2D eigenvalue weighted by Crippen LogP contribution is -1.86. The van der Waals surface area contributed by atoms with Crippen LogP contribution < -0.4 is 0 Å². The Balaban J connectivity index is 1.78. The minimum Gasteiger partial charge on any atom is -0.263 e. The van der Waals surface area contributed by atoms with Crippen molar-refractivity contribution in [1.82, 2.24) is 20.2 Å². The molecule has 4 nitrogen and oxygen atoms in total. The van der Waals surface area contributed by atoms with E-state index in [2.05, 4.69) is 32.3 Å². The van der Waals surface area contributed by atoms with E-state index in [1.165, 1.54) is 0 Å². The number of fused-ring (bicyclic) bond motifs is 1. The monoisotopic (exact) mass is 256 g/mol. The summed E-state index contributed by atoms with van der Waals surface area (Å²) in [5, 5.41) is 9.11. The molecule has 2 heterocycles. The highest BCUT2D eigenvalue weighted by Crippen LogP contribution is 2.22. The number of H-pyrrole nitrogens is 1. The second kappa shape index (κ2) is 4.78. The van der Waals surface area contributed by atoms with Gasteiger partial charge in [0.15, 0.2) is 5.82 Å². The first-order valence-electron chi connectivity index (χ1n) is 5.68. The topological polar surface area (TPSA) is 54.5 Å². The zero-order chi connectivity index (χ0) is 12.4. The molecule has 0 aliphatic heterocycles. The van der Waals surface area contributed by atoms with Crippen LogP contribution in [0.15, 0.2) is 41.4 Å². The quantitative estimate of drug-likeness (QED) is 0.732. The number of thioether (sulfide) groups is 1. The van der Waals surface area contributed by atoms with Crippen LogP contribution in [0.4, 0.5) is 0 Å². The summed E-state index contributed by atoms with van der Waals surface area (Å²) in [7, 11) is 0. The van der Waals surface area contributed by atoms with Gasteiger partial charge in [-0.05, 0) is 19.1 Å². The van der Waals surface area contributed by atoms with Gasteiger partial charge < -0.3 is 0 Å². The molecule has 0 saturated carbocycles. The van der Waals surface area contributed by atoms with Gasteiger partial charge in [-0.25, -0.2) is 9.97 Å². The normalized spacial score (nSPS) is 10.9. The van der Waals surface area contributed by atoms with Crippen LogP contribution in [-0.2, 0) is 5.75 Å². The summed E-state index contributed by atoms with van der Waals surface area (Å²) in [4.78, 5) is 8.87. The van der Waals surface area contributed by atoms with Crippen LogP contribution in [0.5, 0.6) is 0 Å². The number of hydrogen-bond donors (Lipinski definition) is 1. The number of hydrogen-bond acceptors (Lipinski definition) is 4. The van der Waals surface area contributed by atoms with Crippen LogP contribution in [0.1, 0.15) is 11.6 Å². The minimum absolute atomic E-state index is 0.732. The molecule has 0 unspecified atom stereocenters. The molecule has 3 rings (SSSR count). The van der Waals surface area contributed by atoms with Crippen molar-refractivity contribution in [2.75, 3.05) is 0 Å². The molecule has 18 heavy (non-hydrogen) atoms. The third-order valence-corrected chi connectivity index (χ3v) is 3.49. The number of para-hydroxylation sites is 1. The van der Waals surface area contributed by atoms with Crippen molar-refractivity contribution >= 4 is 22.7 Å². The lowest BCUT2D eigenvalue weighted by molar-refractivity contribution is 1.01. The molecule has 0 amide bonds. The van der Waals surface area contributed by atoms with E-state index < -0.39 is 0 Å². The Hall–Kier alpha value is -1.88. The van der Waals surface area contributed by atoms with Gasteiger partial charge in [0.2, 0.25) is 0 Å². The molecule has 0 radical (unpaired) electrons. The number of nitrogens with one attached hydrogen (secondary N) is 1. The number of pyridine rings is 1. The SMILES string of the molecule is Cc1nc(CSc2ccc3ccccc3n2)n[nH]1. The fourth-order valence-electron chi connectivity index (χ4n) is 1.72. The Labute approximate surface area is 109 Å². The maximum Gasteiger partial charge on any atom is 0.160 e. The van der Waals surface area contributed by atoms with Gasteiger partial charge in [-0.1, -0.05) is 36.0 Å². The van der Waals surface area contributed by atoms with Gasteiger partial charge in [-0.2, -0.15) is 5.10 Å². The van der Waals surface area contributed by atoms with E-state index in [1.807, 2.05) is 31.2 Å². The maximum atomic E-state index is 4.59. The van der Waals surface area contributed by atoms with Gasteiger partial charge in [0.1, 0.15) is 5.82 Å². The van der Waals surface area contributed by atoms with Gasteiger partial charge in [-0.3, -0.25) is 5.10 Å². The van der Waals surface area contributed by atoms with Gasteiger partial charge >= 0.3 is 0 Å². The van der Waals surface area contributed by atoms with Gasteiger partial charge in [-0.15, -0.1) is 0 Å². The summed E-state index contributed by atoms with van der Waals surface area (Å²) in [6.07, 6.45) is 0. The Morgan fingerprint density at radius 1 is 1.11 bits per heavy atom. The smallest absolute Gasteiger partial charge is 0.160 e. The molecule has 1 aromatic carbocycles. The highest BCUT2D eigenvalue weighted by Gasteiger charge is 2.03. The molecule has 0 bridgehead atoms. The van der Waals surface area contributed by atoms with E-state index in [0.717, 1.165) is 33.3 Å². The molecule has 0 atom stereocenters. The Morgan fingerprint density at radius 2 is 2.00 bits per heavy atom. The molecule has 0 fully saturated rings. The molecule has 0 aliphatic rings. The average Bonchev–Trinajstić information content (AvgIpc) is 2.82. The number of nitrogens with zero attached hydrogens (tertiary/aromatic N) is 3.